The Kier molecular flexibility index (Phi) is 7.22. The lowest BCUT2D eigenvalue weighted by Crippen LogP contribution is -2.32. The highest BCUT2D eigenvalue weighted by atomic mass is 16.5. The zero-order valence-electron chi connectivity index (χ0n) is 17.4. The first-order chi connectivity index (χ1) is 15.0. The molecule has 0 saturated heterocycles. The van der Waals surface area contributed by atoms with Crippen molar-refractivity contribution in [3.05, 3.63) is 89.4 Å². The quantitative estimate of drug-likeness (QED) is 0.531. The Bertz CT molecular complexity index is 1020. The second-order valence-corrected chi connectivity index (χ2v) is 7.02. The maximum atomic E-state index is 12.2. The van der Waals surface area contributed by atoms with Gasteiger partial charge in [0.25, 0.3) is 11.8 Å². The van der Waals surface area contributed by atoms with E-state index in [2.05, 4.69) is 10.6 Å². The predicted octanol–water partition coefficient (Wildman–Crippen LogP) is 4.26. The van der Waals surface area contributed by atoms with Gasteiger partial charge in [-0.05, 0) is 55.3 Å². The van der Waals surface area contributed by atoms with Crippen molar-refractivity contribution in [2.24, 2.45) is 0 Å². The van der Waals surface area contributed by atoms with Crippen molar-refractivity contribution in [1.29, 1.82) is 0 Å². The number of hydrogen-bond acceptors (Lipinski definition) is 5. The van der Waals surface area contributed by atoms with Gasteiger partial charge in [-0.25, -0.2) is 4.79 Å². The van der Waals surface area contributed by atoms with Gasteiger partial charge in [0.2, 0.25) is 0 Å². The van der Waals surface area contributed by atoms with Crippen molar-refractivity contribution >= 4 is 23.5 Å². The fourth-order valence-electron chi connectivity index (χ4n) is 2.96. The van der Waals surface area contributed by atoms with Crippen LogP contribution in [0.3, 0.4) is 0 Å². The van der Waals surface area contributed by atoms with Gasteiger partial charge in [0.05, 0.1) is 17.9 Å². The summed E-state index contributed by atoms with van der Waals surface area (Å²) < 4.78 is 10.1. The molecule has 31 heavy (non-hydrogen) atoms. The highest BCUT2D eigenvalue weighted by molar-refractivity contribution is 6.02. The van der Waals surface area contributed by atoms with Crippen molar-refractivity contribution in [2.45, 2.75) is 26.3 Å². The fourth-order valence-corrected chi connectivity index (χ4v) is 2.96. The molecule has 2 N–H and O–H groups in total. The molecule has 0 aliphatic heterocycles. The van der Waals surface area contributed by atoms with Gasteiger partial charge in [0.1, 0.15) is 0 Å². The largest absolute Gasteiger partial charge is 0.459 e. The number of amides is 2. The maximum absolute atomic E-state index is 12.2. The van der Waals surface area contributed by atoms with Crippen LogP contribution in [0.15, 0.2) is 71.3 Å². The molecule has 0 bridgehead atoms. The fraction of sp³-hybridized carbons (Fsp3) is 0.208. The molecule has 160 valence electrons. The SMILES string of the molecule is CC[C@@H](NC(=O)COC(=O)c1ccc(NC(=O)c2ccco2)cc1)c1ccc(C)cc1. The van der Waals surface area contributed by atoms with Gasteiger partial charge < -0.3 is 19.8 Å². The normalized spacial score (nSPS) is 11.4. The third-order valence-corrected chi connectivity index (χ3v) is 4.68. The van der Waals surface area contributed by atoms with Crippen LogP contribution in [-0.4, -0.2) is 24.4 Å². The van der Waals surface area contributed by atoms with Crippen LogP contribution < -0.4 is 10.6 Å². The third-order valence-electron chi connectivity index (χ3n) is 4.68. The Balaban J connectivity index is 1.49. The molecule has 0 aliphatic carbocycles. The van der Waals surface area contributed by atoms with Crippen LogP contribution in [0, 0.1) is 6.92 Å². The van der Waals surface area contributed by atoms with Gasteiger partial charge in [-0.15, -0.1) is 0 Å². The van der Waals surface area contributed by atoms with Crippen LogP contribution in [-0.2, 0) is 9.53 Å². The number of benzene rings is 2. The van der Waals surface area contributed by atoms with Crippen LogP contribution in [0.2, 0.25) is 0 Å². The second kappa shape index (κ2) is 10.2. The summed E-state index contributed by atoms with van der Waals surface area (Å²) in [6.07, 6.45) is 2.13. The van der Waals surface area contributed by atoms with Gasteiger partial charge in [0, 0.05) is 5.69 Å². The van der Waals surface area contributed by atoms with E-state index in [4.69, 9.17) is 9.15 Å². The molecule has 0 fully saturated rings. The van der Waals surface area contributed by atoms with Gasteiger partial charge >= 0.3 is 5.97 Å². The summed E-state index contributed by atoms with van der Waals surface area (Å²) in [6, 6.07) is 17.1. The van der Waals surface area contributed by atoms with Crippen LogP contribution in [0.25, 0.3) is 0 Å². The number of hydrogen-bond donors (Lipinski definition) is 2. The topological polar surface area (TPSA) is 97.6 Å². The molecule has 0 radical (unpaired) electrons. The maximum Gasteiger partial charge on any atom is 0.338 e. The second-order valence-electron chi connectivity index (χ2n) is 7.02. The Morgan fingerprint density at radius 3 is 2.32 bits per heavy atom. The Morgan fingerprint density at radius 2 is 1.71 bits per heavy atom. The van der Waals surface area contributed by atoms with E-state index in [1.165, 1.54) is 18.4 Å². The first-order valence-corrected chi connectivity index (χ1v) is 9.94. The number of anilines is 1. The molecule has 1 aromatic heterocycles. The van der Waals surface area contributed by atoms with E-state index < -0.39 is 11.9 Å². The molecule has 1 atom stereocenters. The number of carbonyl (C=O) groups is 3. The summed E-state index contributed by atoms with van der Waals surface area (Å²) >= 11 is 0. The molecule has 3 rings (SSSR count). The molecule has 3 aromatic rings. The minimum Gasteiger partial charge on any atom is -0.459 e. The number of ether oxygens (including phenoxy) is 1. The number of furan rings is 1. The summed E-state index contributed by atoms with van der Waals surface area (Å²) in [5.74, 6) is -1.20. The highest BCUT2D eigenvalue weighted by Crippen LogP contribution is 2.17. The molecule has 7 nitrogen and oxygen atoms in total. The minimum absolute atomic E-state index is 0.149. The van der Waals surface area contributed by atoms with Gasteiger partial charge in [0.15, 0.2) is 12.4 Å². The minimum atomic E-state index is -0.623. The molecular formula is C24H24N2O5. The van der Waals surface area contributed by atoms with E-state index in [1.54, 1.807) is 24.3 Å². The predicted molar refractivity (Wildman–Crippen MR) is 116 cm³/mol. The van der Waals surface area contributed by atoms with E-state index in [-0.39, 0.29) is 29.9 Å². The lowest BCUT2D eigenvalue weighted by Gasteiger charge is -2.17. The number of esters is 1. The molecule has 0 saturated carbocycles. The summed E-state index contributed by atoms with van der Waals surface area (Å²) in [4.78, 5) is 36.4. The number of nitrogens with one attached hydrogen (secondary N) is 2. The molecule has 2 aromatic carbocycles. The highest BCUT2D eigenvalue weighted by Gasteiger charge is 2.15. The summed E-state index contributed by atoms with van der Waals surface area (Å²) in [5.41, 5.74) is 2.92. The standard InChI is InChI=1S/C24H24N2O5/c1-3-20(17-8-6-16(2)7-9-17)26-22(27)15-31-24(29)18-10-12-19(13-11-18)25-23(28)21-5-4-14-30-21/h4-14,20H,3,15H2,1-2H3,(H,25,28)(H,26,27)/t20-/m1/s1. The van der Waals surface area contributed by atoms with E-state index in [9.17, 15) is 14.4 Å². The van der Waals surface area contributed by atoms with Crippen LogP contribution >= 0.6 is 0 Å². The third kappa shape index (κ3) is 6.05. The van der Waals surface area contributed by atoms with E-state index in [1.807, 2.05) is 38.1 Å². The lowest BCUT2D eigenvalue weighted by atomic mass is 10.0. The van der Waals surface area contributed by atoms with E-state index >= 15 is 0 Å². The van der Waals surface area contributed by atoms with Crippen LogP contribution in [0.4, 0.5) is 5.69 Å². The first kappa shape index (κ1) is 21.8. The number of aryl methyl sites for hydroxylation is 1. The molecular weight excluding hydrogens is 396 g/mol. The van der Waals surface area contributed by atoms with Gasteiger partial charge in [-0.2, -0.15) is 0 Å². The molecule has 1 heterocycles. The molecule has 0 unspecified atom stereocenters. The summed E-state index contributed by atoms with van der Waals surface area (Å²) in [6.45, 7) is 3.60. The zero-order valence-corrected chi connectivity index (χ0v) is 17.4. The molecule has 7 heteroatoms. The first-order valence-electron chi connectivity index (χ1n) is 9.94. The van der Waals surface area contributed by atoms with Crippen LogP contribution in [0.5, 0.6) is 0 Å². The smallest absolute Gasteiger partial charge is 0.338 e. The molecule has 0 aliphatic rings. The summed E-state index contributed by atoms with van der Waals surface area (Å²) in [5, 5.41) is 5.54. The summed E-state index contributed by atoms with van der Waals surface area (Å²) in [7, 11) is 0. The number of carbonyl (C=O) groups excluding carboxylic acids is 3. The average Bonchev–Trinajstić information content (AvgIpc) is 3.32. The van der Waals surface area contributed by atoms with Crippen molar-refractivity contribution in [3.8, 4) is 0 Å². The molecule has 0 spiro atoms. The van der Waals surface area contributed by atoms with Gasteiger partial charge in [-0.3, -0.25) is 9.59 Å². The Hall–Kier alpha value is -3.87. The monoisotopic (exact) mass is 420 g/mol. The van der Waals surface area contributed by atoms with E-state index in [0.29, 0.717) is 12.1 Å². The van der Waals surface area contributed by atoms with Crippen molar-refractivity contribution < 1.29 is 23.5 Å². The van der Waals surface area contributed by atoms with Gasteiger partial charge in [-0.1, -0.05) is 36.8 Å². The van der Waals surface area contributed by atoms with Crippen molar-refractivity contribution in [2.75, 3.05) is 11.9 Å². The Labute approximate surface area is 180 Å². The molecule has 2 amide bonds. The lowest BCUT2D eigenvalue weighted by molar-refractivity contribution is -0.125. The van der Waals surface area contributed by atoms with Crippen molar-refractivity contribution in [3.63, 3.8) is 0 Å². The average molecular weight is 420 g/mol. The number of rotatable bonds is 8. The van der Waals surface area contributed by atoms with E-state index in [0.717, 1.165) is 11.1 Å². The van der Waals surface area contributed by atoms with Crippen molar-refractivity contribution in [1.82, 2.24) is 5.32 Å². The zero-order chi connectivity index (χ0) is 22.2. The Morgan fingerprint density at radius 1 is 1.00 bits per heavy atom. The van der Waals surface area contributed by atoms with Crippen LogP contribution in [0.1, 0.15) is 51.4 Å².